The van der Waals surface area contributed by atoms with Crippen molar-refractivity contribution in [1.29, 1.82) is 0 Å². The number of nitrogens with one attached hydrogen (secondary N) is 1. The maximum absolute atomic E-state index is 11.2. The molecule has 0 spiro atoms. The van der Waals surface area contributed by atoms with E-state index in [4.69, 9.17) is 10.5 Å². The molecule has 4 nitrogen and oxygen atoms in total. The topological polar surface area (TPSA) is 64.3 Å². The molecule has 0 aliphatic heterocycles. The van der Waals surface area contributed by atoms with E-state index in [2.05, 4.69) is 12.2 Å². The molecular weight excluding hydrogens is 168 g/mol. The molecule has 0 fully saturated rings. The Labute approximate surface area is 79.8 Å². The maximum Gasteiger partial charge on any atom is 0.236 e. The highest BCUT2D eigenvalue weighted by atomic mass is 16.5. The molecule has 2 unspecified atom stereocenters. The van der Waals surface area contributed by atoms with Crippen LogP contribution in [0.25, 0.3) is 0 Å². The molecule has 0 aromatic heterocycles. The van der Waals surface area contributed by atoms with Crippen LogP contribution in [0.15, 0.2) is 0 Å². The van der Waals surface area contributed by atoms with Crippen LogP contribution < -0.4 is 11.1 Å². The minimum atomic E-state index is -0.448. The van der Waals surface area contributed by atoms with Gasteiger partial charge < -0.3 is 15.8 Å². The first kappa shape index (κ1) is 12.4. The molecule has 0 bridgehead atoms. The van der Waals surface area contributed by atoms with Crippen LogP contribution in [-0.4, -0.2) is 31.7 Å². The molecule has 2 atom stereocenters. The summed E-state index contributed by atoms with van der Waals surface area (Å²) in [5.74, 6) is -0.115. The highest BCUT2D eigenvalue weighted by Crippen LogP contribution is 1.97. The molecule has 0 rings (SSSR count). The van der Waals surface area contributed by atoms with Crippen molar-refractivity contribution in [3.63, 3.8) is 0 Å². The summed E-state index contributed by atoms with van der Waals surface area (Å²) < 4.78 is 4.98. The largest absolute Gasteiger partial charge is 0.383 e. The summed E-state index contributed by atoms with van der Waals surface area (Å²) >= 11 is 0. The molecule has 0 heterocycles. The van der Waals surface area contributed by atoms with Gasteiger partial charge in [0.05, 0.1) is 18.7 Å². The van der Waals surface area contributed by atoms with E-state index < -0.39 is 6.04 Å². The minimum Gasteiger partial charge on any atom is -0.383 e. The third kappa shape index (κ3) is 5.60. The number of rotatable bonds is 6. The number of carbonyl (C=O) groups is 1. The Morgan fingerprint density at radius 3 is 2.62 bits per heavy atom. The smallest absolute Gasteiger partial charge is 0.236 e. The number of hydrogen-bond donors (Lipinski definition) is 2. The summed E-state index contributed by atoms with van der Waals surface area (Å²) in [6, 6.07) is -0.357. The van der Waals surface area contributed by atoms with Gasteiger partial charge in [-0.3, -0.25) is 4.79 Å². The molecule has 3 N–H and O–H groups in total. The van der Waals surface area contributed by atoms with Gasteiger partial charge in [0.15, 0.2) is 0 Å². The summed E-state index contributed by atoms with van der Waals surface area (Å²) in [5.41, 5.74) is 5.42. The van der Waals surface area contributed by atoms with Crippen LogP contribution in [0, 0.1) is 0 Å². The predicted molar refractivity (Wildman–Crippen MR) is 52.4 cm³/mol. The fraction of sp³-hybridized carbons (Fsp3) is 0.889. The number of ether oxygens (including phenoxy) is 1. The Kier molecular flexibility index (Phi) is 6.54. The van der Waals surface area contributed by atoms with Gasteiger partial charge in [-0.2, -0.15) is 0 Å². The van der Waals surface area contributed by atoms with Gasteiger partial charge in [0.25, 0.3) is 0 Å². The van der Waals surface area contributed by atoms with Crippen LogP contribution in [0.5, 0.6) is 0 Å². The lowest BCUT2D eigenvalue weighted by Crippen LogP contribution is -2.45. The van der Waals surface area contributed by atoms with E-state index in [1.165, 1.54) is 0 Å². The van der Waals surface area contributed by atoms with Crippen molar-refractivity contribution in [3.8, 4) is 0 Å². The van der Waals surface area contributed by atoms with Crippen molar-refractivity contribution in [2.45, 2.75) is 38.8 Å². The fourth-order valence-electron chi connectivity index (χ4n) is 1.08. The number of nitrogens with two attached hydrogens (primary N) is 1. The first-order chi connectivity index (χ1) is 6.11. The van der Waals surface area contributed by atoms with E-state index in [1.807, 2.05) is 0 Å². The van der Waals surface area contributed by atoms with Gasteiger partial charge >= 0.3 is 0 Å². The Balaban J connectivity index is 3.86. The van der Waals surface area contributed by atoms with Crippen LogP contribution in [-0.2, 0) is 9.53 Å². The predicted octanol–water partition coefficient (Wildman–Crippen LogP) is 0.265. The van der Waals surface area contributed by atoms with Crippen molar-refractivity contribution < 1.29 is 9.53 Å². The average Bonchev–Trinajstić information content (AvgIpc) is 2.05. The summed E-state index contributed by atoms with van der Waals surface area (Å²) in [6.45, 7) is 4.29. The van der Waals surface area contributed by atoms with E-state index in [1.54, 1.807) is 14.0 Å². The molecule has 0 aliphatic rings. The van der Waals surface area contributed by atoms with E-state index >= 15 is 0 Å². The molecule has 0 aromatic rings. The molecule has 0 saturated heterocycles. The maximum atomic E-state index is 11.2. The minimum absolute atomic E-state index is 0.0912. The van der Waals surface area contributed by atoms with Crippen molar-refractivity contribution >= 4 is 5.91 Å². The van der Waals surface area contributed by atoms with Crippen LogP contribution in [0.1, 0.15) is 26.7 Å². The van der Waals surface area contributed by atoms with Gasteiger partial charge in [-0.05, 0) is 13.3 Å². The van der Waals surface area contributed by atoms with E-state index in [9.17, 15) is 4.79 Å². The molecule has 0 saturated carbocycles. The summed E-state index contributed by atoms with van der Waals surface area (Å²) in [5, 5.41) is 2.83. The lowest BCUT2D eigenvalue weighted by atomic mass is 10.1. The molecule has 1 amide bonds. The fourth-order valence-corrected chi connectivity index (χ4v) is 1.08. The number of amides is 1. The second-order valence-electron chi connectivity index (χ2n) is 3.24. The van der Waals surface area contributed by atoms with Crippen molar-refractivity contribution in [1.82, 2.24) is 5.32 Å². The zero-order valence-electron chi connectivity index (χ0n) is 8.67. The Morgan fingerprint density at radius 2 is 2.23 bits per heavy atom. The average molecular weight is 188 g/mol. The number of carbonyl (C=O) groups excluding carboxylic acids is 1. The molecule has 0 aliphatic carbocycles. The summed E-state index contributed by atoms with van der Waals surface area (Å²) in [6.07, 6.45) is 1.94. The van der Waals surface area contributed by atoms with Crippen molar-refractivity contribution in [2.75, 3.05) is 13.7 Å². The lowest BCUT2D eigenvalue weighted by molar-refractivity contribution is -0.123. The second-order valence-corrected chi connectivity index (χ2v) is 3.24. The quantitative estimate of drug-likeness (QED) is 0.628. The summed E-state index contributed by atoms with van der Waals surface area (Å²) in [7, 11) is 1.63. The molecule has 13 heavy (non-hydrogen) atoms. The highest BCUT2D eigenvalue weighted by Gasteiger charge is 2.13. The molecule has 0 aromatic carbocycles. The van der Waals surface area contributed by atoms with Crippen LogP contribution >= 0.6 is 0 Å². The zero-order valence-corrected chi connectivity index (χ0v) is 8.67. The second kappa shape index (κ2) is 6.86. The number of methoxy groups -OCH3 is 1. The Bertz CT molecular complexity index is 143. The molecule has 0 radical (unpaired) electrons. The first-order valence-electron chi connectivity index (χ1n) is 4.66. The number of hydrogen-bond acceptors (Lipinski definition) is 3. The Morgan fingerprint density at radius 1 is 1.62 bits per heavy atom. The van der Waals surface area contributed by atoms with Gasteiger partial charge in [0.1, 0.15) is 0 Å². The third-order valence-corrected chi connectivity index (χ3v) is 1.76. The van der Waals surface area contributed by atoms with Gasteiger partial charge in [-0.25, -0.2) is 0 Å². The van der Waals surface area contributed by atoms with Gasteiger partial charge in [-0.15, -0.1) is 0 Å². The Hall–Kier alpha value is -0.610. The molecular formula is C9H20N2O2. The monoisotopic (exact) mass is 188 g/mol. The molecule has 4 heteroatoms. The SMILES string of the molecule is CCCC(COC)NC(=O)C(C)N. The van der Waals surface area contributed by atoms with Gasteiger partial charge in [0, 0.05) is 7.11 Å². The highest BCUT2D eigenvalue weighted by molar-refractivity contribution is 5.81. The normalized spacial score (nSPS) is 15.1. The van der Waals surface area contributed by atoms with E-state index in [0.717, 1.165) is 12.8 Å². The zero-order chi connectivity index (χ0) is 10.3. The first-order valence-corrected chi connectivity index (χ1v) is 4.66. The van der Waals surface area contributed by atoms with Gasteiger partial charge in [0.2, 0.25) is 5.91 Å². The lowest BCUT2D eigenvalue weighted by Gasteiger charge is -2.18. The van der Waals surface area contributed by atoms with Crippen LogP contribution in [0.2, 0.25) is 0 Å². The van der Waals surface area contributed by atoms with E-state index in [0.29, 0.717) is 6.61 Å². The van der Waals surface area contributed by atoms with Crippen molar-refractivity contribution in [2.24, 2.45) is 5.73 Å². The van der Waals surface area contributed by atoms with Crippen LogP contribution in [0.3, 0.4) is 0 Å². The van der Waals surface area contributed by atoms with Gasteiger partial charge in [-0.1, -0.05) is 13.3 Å². The van der Waals surface area contributed by atoms with E-state index in [-0.39, 0.29) is 11.9 Å². The summed E-state index contributed by atoms with van der Waals surface area (Å²) in [4.78, 5) is 11.2. The third-order valence-electron chi connectivity index (χ3n) is 1.76. The standard InChI is InChI=1S/C9H20N2O2/c1-4-5-8(6-13-3)11-9(12)7(2)10/h7-8H,4-6,10H2,1-3H3,(H,11,12). The molecule has 78 valence electrons. The van der Waals surface area contributed by atoms with Crippen LogP contribution in [0.4, 0.5) is 0 Å². The van der Waals surface area contributed by atoms with Crippen molar-refractivity contribution in [3.05, 3.63) is 0 Å².